The number of rotatable bonds is 5. The molecule has 1 amide bonds. The van der Waals surface area contributed by atoms with Gasteiger partial charge >= 0.3 is 0 Å². The second-order valence-electron chi connectivity index (χ2n) is 3.89. The van der Waals surface area contributed by atoms with Crippen LogP contribution in [0.1, 0.15) is 26.2 Å². The predicted octanol–water partition coefficient (Wildman–Crippen LogP) is 0.623. The highest BCUT2D eigenvalue weighted by atomic mass is 16.5. The minimum atomic E-state index is 0.263. The van der Waals surface area contributed by atoms with Crippen LogP contribution in [0.2, 0.25) is 0 Å². The Labute approximate surface area is 92.0 Å². The van der Waals surface area contributed by atoms with Crippen molar-refractivity contribution in [1.29, 1.82) is 0 Å². The van der Waals surface area contributed by atoms with Gasteiger partial charge in [0.25, 0.3) is 0 Å². The van der Waals surface area contributed by atoms with Crippen LogP contribution >= 0.6 is 0 Å². The van der Waals surface area contributed by atoms with Gasteiger partial charge in [-0.15, -0.1) is 0 Å². The topological polar surface area (TPSA) is 41.6 Å². The summed E-state index contributed by atoms with van der Waals surface area (Å²) in [4.78, 5) is 13.6. The molecular weight excluding hydrogens is 192 g/mol. The SMILES string of the molecule is CCOC1CCN(C(=O)CCNC)CC1. The zero-order valence-electron chi connectivity index (χ0n) is 9.79. The summed E-state index contributed by atoms with van der Waals surface area (Å²) in [5.74, 6) is 0.263. The second-order valence-corrected chi connectivity index (χ2v) is 3.89. The minimum Gasteiger partial charge on any atom is -0.378 e. The van der Waals surface area contributed by atoms with Gasteiger partial charge < -0.3 is 15.0 Å². The molecule has 4 heteroatoms. The lowest BCUT2D eigenvalue weighted by atomic mass is 10.1. The molecule has 0 unspecified atom stereocenters. The number of hydrogen-bond donors (Lipinski definition) is 1. The Hall–Kier alpha value is -0.610. The van der Waals surface area contributed by atoms with Crippen molar-refractivity contribution >= 4 is 5.91 Å². The van der Waals surface area contributed by atoms with E-state index in [0.29, 0.717) is 12.5 Å². The summed E-state index contributed by atoms with van der Waals surface area (Å²) >= 11 is 0. The molecule has 1 aliphatic heterocycles. The standard InChI is InChI=1S/C11H22N2O2/c1-3-15-10-5-8-13(9-6-10)11(14)4-7-12-2/h10,12H,3-9H2,1-2H3. The van der Waals surface area contributed by atoms with E-state index in [1.165, 1.54) is 0 Å². The maximum absolute atomic E-state index is 11.7. The van der Waals surface area contributed by atoms with Crippen molar-refractivity contribution in [2.24, 2.45) is 0 Å². The summed E-state index contributed by atoms with van der Waals surface area (Å²) in [7, 11) is 1.87. The molecule has 88 valence electrons. The summed E-state index contributed by atoms with van der Waals surface area (Å²) in [6, 6.07) is 0. The van der Waals surface area contributed by atoms with E-state index in [9.17, 15) is 4.79 Å². The zero-order chi connectivity index (χ0) is 11.1. The highest BCUT2D eigenvalue weighted by Gasteiger charge is 2.22. The molecule has 1 heterocycles. The maximum atomic E-state index is 11.7. The number of carbonyl (C=O) groups excluding carboxylic acids is 1. The van der Waals surface area contributed by atoms with Crippen LogP contribution in [0.15, 0.2) is 0 Å². The Morgan fingerprint density at radius 1 is 1.47 bits per heavy atom. The number of nitrogens with zero attached hydrogens (tertiary/aromatic N) is 1. The normalized spacial score (nSPS) is 18.1. The first kappa shape index (κ1) is 12.5. The number of nitrogens with one attached hydrogen (secondary N) is 1. The Morgan fingerprint density at radius 2 is 2.13 bits per heavy atom. The van der Waals surface area contributed by atoms with Crippen molar-refractivity contribution in [1.82, 2.24) is 10.2 Å². The van der Waals surface area contributed by atoms with Gasteiger partial charge in [-0.2, -0.15) is 0 Å². The first-order chi connectivity index (χ1) is 7.27. The Morgan fingerprint density at radius 3 is 2.67 bits per heavy atom. The molecule has 4 nitrogen and oxygen atoms in total. The molecule has 1 fully saturated rings. The summed E-state index contributed by atoms with van der Waals surface area (Å²) in [6.45, 7) is 5.27. The van der Waals surface area contributed by atoms with Gasteiger partial charge in [0.05, 0.1) is 6.10 Å². The number of piperidine rings is 1. The smallest absolute Gasteiger partial charge is 0.223 e. The van der Waals surface area contributed by atoms with E-state index in [-0.39, 0.29) is 5.91 Å². The molecule has 0 spiro atoms. The van der Waals surface area contributed by atoms with Gasteiger partial charge in [0.15, 0.2) is 0 Å². The van der Waals surface area contributed by atoms with E-state index in [0.717, 1.165) is 39.1 Å². The molecule has 0 bridgehead atoms. The first-order valence-electron chi connectivity index (χ1n) is 5.82. The highest BCUT2D eigenvalue weighted by Crippen LogP contribution is 2.14. The number of amides is 1. The van der Waals surface area contributed by atoms with Crippen molar-refractivity contribution in [3.05, 3.63) is 0 Å². The Kier molecular flexibility index (Phi) is 5.65. The summed E-state index contributed by atoms with van der Waals surface area (Å²) in [5.41, 5.74) is 0. The molecule has 1 saturated heterocycles. The fourth-order valence-electron chi connectivity index (χ4n) is 1.90. The summed E-state index contributed by atoms with van der Waals surface area (Å²) in [6.07, 6.45) is 2.94. The minimum absolute atomic E-state index is 0.263. The van der Waals surface area contributed by atoms with Crippen LogP contribution in [0.5, 0.6) is 0 Å². The highest BCUT2D eigenvalue weighted by molar-refractivity contribution is 5.76. The van der Waals surface area contributed by atoms with Crippen LogP contribution in [0.25, 0.3) is 0 Å². The molecule has 0 saturated carbocycles. The molecule has 1 N–H and O–H groups in total. The van der Waals surface area contributed by atoms with Crippen LogP contribution in [0.4, 0.5) is 0 Å². The van der Waals surface area contributed by atoms with Crippen LogP contribution in [-0.4, -0.2) is 50.2 Å². The fraction of sp³-hybridized carbons (Fsp3) is 0.909. The number of likely N-dealkylation sites (tertiary alicyclic amines) is 1. The fourth-order valence-corrected chi connectivity index (χ4v) is 1.90. The Bertz CT molecular complexity index is 189. The molecule has 0 aromatic rings. The number of hydrogen-bond acceptors (Lipinski definition) is 3. The van der Waals surface area contributed by atoms with Crippen LogP contribution in [0, 0.1) is 0 Å². The molecule has 1 rings (SSSR count). The lowest BCUT2D eigenvalue weighted by molar-refractivity contribution is -0.133. The quantitative estimate of drug-likeness (QED) is 0.729. The van der Waals surface area contributed by atoms with Gasteiger partial charge in [-0.3, -0.25) is 4.79 Å². The van der Waals surface area contributed by atoms with E-state index in [2.05, 4.69) is 5.32 Å². The molecule has 1 aliphatic rings. The molecule has 0 aliphatic carbocycles. The van der Waals surface area contributed by atoms with Crippen molar-refractivity contribution < 1.29 is 9.53 Å². The van der Waals surface area contributed by atoms with Crippen LogP contribution < -0.4 is 5.32 Å². The van der Waals surface area contributed by atoms with Gasteiger partial charge in [0, 0.05) is 32.7 Å². The van der Waals surface area contributed by atoms with E-state index in [1.54, 1.807) is 0 Å². The summed E-state index contributed by atoms with van der Waals surface area (Å²) < 4.78 is 5.54. The third-order valence-electron chi connectivity index (χ3n) is 2.79. The average molecular weight is 214 g/mol. The molecule has 15 heavy (non-hydrogen) atoms. The maximum Gasteiger partial charge on any atom is 0.223 e. The number of ether oxygens (including phenoxy) is 1. The van der Waals surface area contributed by atoms with Gasteiger partial charge in [0.2, 0.25) is 5.91 Å². The molecular formula is C11H22N2O2. The first-order valence-corrected chi connectivity index (χ1v) is 5.82. The van der Waals surface area contributed by atoms with Crippen molar-refractivity contribution in [2.75, 3.05) is 33.3 Å². The molecule has 0 atom stereocenters. The average Bonchev–Trinajstić information content (AvgIpc) is 2.27. The van der Waals surface area contributed by atoms with Gasteiger partial charge in [-0.25, -0.2) is 0 Å². The zero-order valence-corrected chi connectivity index (χ0v) is 9.79. The van der Waals surface area contributed by atoms with Gasteiger partial charge in [-0.1, -0.05) is 0 Å². The van der Waals surface area contributed by atoms with Crippen molar-refractivity contribution in [3.8, 4) is 0 Å². The van der Waals surface area contributed by atoms with E-state index < -0.39 is 0 Å². The monoisotopic (exact) mass is 214 g/mol. The molecule has 0 radical (unpaired) electrons. The molecule has 0 aromatic heterocycles. The molecule has 0 aromatic carbocycles. The second kappa shape index (κ2) is 6.80. The lowest BCUT2D eigenvalue weighted by Crippen LogP contribution is -2.41. The predicted molar refractivity (Wildman–Crippen MR) is 59.8 cm³/mol. The van der Waals surface area contributed by atoms with E-state index in [4.69, 9.17) is 4.74 Å². The lowest BCUT2D eigenvalue weighted by Gasteiger charge is -2.31. The van der Waals surface area contributed by atoms with Crippen molar-refractivity contribution in [3.63, 3.8) is 0 Å². The third kappa shape index (κ3) is 4.18. The van der Waals surface area contributed by atoms with Crippen LogP contribution in [0.3, 0.4) is 0 Å². The third-order valence-corrected chi connectivity index (χ3v) is 2.79. The van der Waals surface area contributed by atoms with E-state index in [1.807, 2.05) is 18.9 Å². The summed E-state index contributed by atoms with van der Waals surface area (Å²) in [5, 5.41) is 2.99. The Balaban J connectivity index is 2.21. The van der Waals surface area contributed by atoms with Crippen LogP contribution in [-0.2, 0) is 9.53 Å². The van der Waals surface area contributed by atoms with Crippen molar-refractivity contribution in [2.45, 2.75) is 32.3 Å². The van der Waals surface area contributed by atoms with Gasteiger partial charge in [-0.05, 0) is 26.8 Å². The largest absolute Gasteiger partial charge is 0.378 e. The number of carbonyl (C=O) groups is 1. The van der Waals surface area contributed by atoms with E-state index >= 15 is 0 Å². The van der Waals surface area contributed by atoms with Gasteiger partial charge in [0.1, 0.15) is 0 Å².